The minimum absolute atomic E-state index is 0.0740. The van der Waals surface area contributed by atoms with Gasteiger partial charge in [-0.25, -0.2) is 0 Å². The van der Waals surface area contributed by atoms with Crippen LogP contribution in [0.1, 0.15) is 17.2 Å². The molecule has 1 fully saturated rings. The van der Waals surface area contributed by atoms with Crippen LogP contribution in [0.3, 0.4) is 0 Å². The van der Waals surface area contributed by atoms with E-state index in [0.29, 0.717) is 6.54 Å². The van der Waals surface area contributed by atoms with Crippen molar-refractivity contribution in [1.82, 2.24) is 15.2 Å². The van der Waals surface area contributed by atoms with E-state index in [-0.39, 0.29) is 11.9 Å². The number of carbonyl (C=O) groups excluding carboxylic acids is 1. The standard InChI is InChI=1S/C15H16BrN3O/c16-13-3-1-2-12(8-13)14-15(20)18-6-7-19(14)10-11-4-5-17-9-11/h1-5,8-9,14,17H,6-7,10H2,(H,18,20)/t14-/m1/s1. The average Bonchev–Trinajstić information content (AvgIpc) is 2.92. The highest BCUT2D eigenvalue weighted by Crippen LogP contribution is 2.27. The van der Waals surface area contributed by atoms with Gasteiger partial charge in [-0.15, -0.1) is 0 Å². The molecule has 2 aromatic rings. The summed E-state index contributed by atoms with van der Waals surface area (Å²) in [5.41, 5.74) is 2.21. The molecule has 0 saturated carbocycles. The van der Waals surface area contributed by atoms with E-state index in [9.17, 15) is 4.79 Å². The highest BCUT2D eigenvalue weighted by molar-refractivity contribution is 9.10. The van der Waals surface area contributed by atoms with Crippen LogP contribution < -0.4 is 5.32 Å². The van der Waals surface area contributed by atoms with Crippen LogP contribution in [0.5, 0.6) is 0 Å². The molecule has 1 aromatic heterocycles. The summed E-state index contributed by atoms with van der Waals surface area (Å²) in [5, 5.41) is 2.96. The molecule has 1 aliphatic rings. The molecule has 0 unspecified atom stereocenters. The van der Waals surface area contributed by atoms with Gasteiger partial charge in [-0.1, -0.05) is 28.1 Å². The number of rotatable bonds is 3. The Morgan fingerprint density at radius 3 is 3.00 bits per heavy atom. The van der Waals surface area contributed by atoms with E-state index in [1.807, 2.05) is 42.7 Å². The van der Waals surface area contributed by atoms with Gasteiger partial charge in [-0.05, 0) is 29.3 Å². The Hall–Kier alpha value is -1.59. The Kier molecular flexibility index (Phi) is 3.89. The molecule has 4 nitrogen and oxygen atoms in total. The SMILES string of the molecule is O=C1NCCN(Cc2cc[nH]c2)[C@@H]1c1cccc(Br)c1. The number of halogens is 1. The van der Waals surface area contributed by atoms with Crippen LogP contribution in [0.25, 0.3) is 0 Å². The zero-order chi connectivity index (χ0) is 13.9. The fourth-order valence-electron chi connectivity index (χ4n) is 2.61. The normalized spacial score (nSPS) is 19.9. The first-order valence-electron chi connectivity index (χ1n) is 6.63. The van der Waals surface area contributed by atoms with Gasteiger partial charge in [0.2, 0.25) is 5.91 Å². The van der Waals surface area contributed by atoms with Gasteiger partial charge >= 0.3 is 0 Å². The molecule has 0 radical (unpaired) electrons. The largest absolute Gasteiger partial charge is 0.367 e. The van der Waals surface area contributed by atoms with E-state index >= 15 is 0 Å². The van der Waals surface area contributed by atoms with E-state index in [2.05, 4.69) is 31.1 Å². The first kappa shape index (κ1) is 13.4. The Bertz CT molecular complexity index is 597. The minimum Gasteiger partial charge on any atom is -0.367 e. The number of benzene rings is 1. The smallest absolute Gasteiger partial charge is 0.242 e. The van der Waals surface area contributed by atoms with Crippen molar-refractivity contribution in [1.29, 1.82) is 0 Å². The summed E-state index contributed by atoms with van der Waals surface area (Å²) in [7, 11) is 0. The summed E-state index contributed by atoms with van der Waals surface area (Å²) >= 11 is 3.47. The summed E-state index contributed by atoms with van der Waals surface area (Å²) in [4.78, 5) is 17.5. The number of nitrogens with one attached hydrogen (secondary N) is 2. The first-order valence-corrected chi connectivity index (χ1v) is 7.42. The summed E-state index contributed by atoms with van der Waals surface area (Å²) < 4.78 is 0.995. The van der Waals surface area contributed by atoms with E-state index < -0.39 is 0 Å². The fraction of sp³-hybridized carbons (Fsp3) is 0.267. The summed E-state index contributed by atoms with van der Waals surface area (Å²) in [6.07, 6.45) is 3.89. The van der Waals surface area contributed by atoms with Crippen LogP contribution in [0.2, 0.25) is 0 Å². The van der Waals surface area contributed by atoms with Crippen molar-refractivity contribution >= 4 is 21.8 Å². The van der Waals surface area contributed by atoms with Gasteiger partial charge in [0.25, 0.3) is 0 Å². The first-order chi connectivity index (χ1) is 9.74. The lowest BCUT2D eigenvalue weighted by molar-refractivity contribution is -0.129. The lowest BCUT2D eigenvalue weighted by Crippen LogP contribution is -2.49. The topological polar surface area (TPSA) is 48.1 Å². The van der Waals surface area contributed by atoms with Crippen LogP contribution in [0.4, 0.5) is 0 Å². The quantitative estimate of drug-likeness (QED) is 0.906. The van der Waals surface area contributed by atoms with Crippen molar-refractivity contribution in [2.75, 3.05) is 13.1 Å². The molecule has 2 heterocycles. The third-order valence-electron chi connectivity index (χ3n) is 3.52. The molecule has 1 amide bonds. The van der Waals surface area contributed by atoms with Crippen molar-refractivity contribution < 1.29 is 4.79 Å². The summed E-state index contributed by atoms with van der Waals surface area (Å²) in [6, 6.07) is 9.78. The number of aromatic nitrogens is 1. The molecule has 1 atom stereocenters. The minimum atomic E-state index is -0.226. The zero-order valence-corrected chi connectivity index (χ0v) is 12.6. The molecular formula is C15H16BrN3O. The van der Waals surface area contributed by atoms with Gasteiger partial charge in [0.05, 0.1) is 0 Å². The summed E-state index contributed by atoms with van der Waals surface area (Å²) in [6.45, 7) is 2.33. The maximum atomic E-state index is 12.3. The molecule has 3 rings (SSSR count). The number of nitrogens with zero attached hydrogens (tertiary/aromatic N) is 1. The van der Waals surface area contributed by atoms with Crippen LogP contribution in [0, 0.1) is 0 Å². The predicted octanol–water partition coefficient (Wildman–Crippen LogP) is 2.45. The maximum Gasteiger partial charge on any atom is 0.242 e. The molecule has 0 spiro atoms. The highest BCUT2D eigenvalue weighted by atomic mass is 79.9. The average molecular weight is 334 g/mol. The van der Waals surface area contributed by atoms with Crippen LogP contribution in [-0.2, 0) is 11.3 Å². The molecule has 2 N–H and O–H groups in total. The van der Waals surface area contributed by atoms with Gasteiger partial charge in [0.15, 0.2) is 0 Å². The van der Waals surface area contributed by atoms with Gasteiger partial charge in [0.1, 0.15) is 6.04 Å². The second kappa shape index (κ2) is 5.81. The van der Waals surface area contributed by atoms with Crippen molar-refractivity contribution in [2.45, 2.75) is 12.6 Å². The molecule has 20 heavy (non-hydrogen) atoms. The molecule has 0 bridgehead atoms. The monoisotopic (exact) mass is 333 g/mol. The molecule has 104 valence electrons. The van der Waals surface area contributed by atoms with Crippen LogP contribution in [0.15, 0.2) is 47.2 Å². The molecule has 5 heteroatoms. The van der Waals surface area contributed by atoms with Crippen LogP contribution in [-0.4, -0.2) is 28.9 Å². The van der Waals surface area contributed by atoms with E-state index in [1.165, 1.54) is 5.56 Å². The Morgan fingerprint density at radius 2 is 2.25 bits per heavy atom. The van der Waals surface area contributed by atoms with Gasteiger partial charge < -0.3 is 10.3 Å². The van der Waals surface area contributed by atoms with Crippen molar-refractivity contribution in [2.24, 2.45) is 0 Å². The van der Waals surface area contributed by atoms with Crippen molar-refractivity contribution in [3.05, 3.63) is 58.3 Å². The van der Waals surface area contributed by atoms with Gasteiger partial charge in [-0.2, -0.15) is 0 Å². The third-order valence-corrected chi connectivity index (χ3v) is 4.02. The Morgan fingerprint density at radius 1 is 1.35 bits per heavy atom. The van der Waals surface area contributed by atoms with Crippen molar-refractivity contribution in [3.8, 4) is 0 Å². The van der Waals surface area contributed by atoms with Crippen molar-refractivity contribution in [3.63, 3.8) is 0 Å². The number of carbonyl (C=O) groups is 1. The van der Waals surface area contributed by atoms with E-state index in [0.717, 1.165) is 23.1 Å². The second-order valence-electron chi connectivity index (χ2n) is 4.94. The molecule has 0 aliphatic carbocycles. The molecular weight excluding hydrogens is 318 g/mol. The van der Waals surface area contributed by atoms with E-state index in [4.69, 9.17) is 0 Å². The highest BCUT2D eigenvalue weighted by Gasteiger charge is 2.31. The number of piperazine rings is 1. The summed E-state index contributed by atoms with van der Waals surface area (Å²) in [5.74, 6) is 0.0740. The molecule has 1 aliphatic heterocycles. The number of aromatic amines is 1. The lowest BCUT2D eigenvalue weighted by Gasteiger charge is -2.35. The van der Waals surface area contributed by atoms with Gasteiger partial charge in [0, 0.05) is 36.5 Å². The van der Waals surface area contributed by atoms with E-state index in [1.54, 1.807) is 0 Å². The maximum absolute atomic E-state index is 12.3. The number of H-pyrrole nitrogens is 1. The predicted molar refractivity (Wildman–Crippen MR) is 81.1 cm³/mol. The third kappa shape index (κ3) is 2.78. The lowest BCUT2D eigenvalue weighted by atomic mass is 10.0. The number of amides is 1. The van der Waals surface area contributed by atoms with Gasteiger partial charge in [-0.3, -0.25) is 9.69 Å². The number of hydrogen-bond donors (Lipinski definition) is 2. The molecule has 1 saturated heterocycles. The van der Waals surface area contributed by atoms with Crippen LogP contribution >= 0.6 is 15.9 Å². The Labute approximate surface area is 126 Å². The fourth-order valence-corrected chi connectivity index (χ4v) is 3.03. The zero-order valence-electron chi connectivity index (χ0n) is 11.0. The number of hydrogen-bond acceptors (Lipinski definition) is 2. The molecule has 1 aromatic carbocycles. The second-order valence-corrected chi connectivity index (χ2v) is 5.85. The Balaban J connectivity index is 1.88.